The Morgan fingerprint density at radius 3 is 2.67 bits per heavy atom. The van der Waals surface area contributed by atoms with E-state index in [-0.39, 0.29) is 0 Å². The van der Waals surface area contributed by atoms with Gasteiger partial charge >= 0.3 is 0 Å². The molecule has 0 atom stereocenters. The van der Waals surface area contributed by atoms with Crippen molar-refractivity contribution in [1.29, 1.82) is 0 Å². The molecule has 1 fully saturated rings. The molecule has 68 valence electrons. The van der Waals surface area contributed by atoms with Crippen LogP contribution in [0.4, 0.5) is 0 Å². The lowest BCUT2D eigenvalue weighted by atomic mass is 10.3. The molecule has 0 spiro atoms. The molecule has 0 aliphatic carbocycles. The number of hydrogen-bond acceptors (Lipinski definition) is 2. The highest BCUT2D eigenvalue weighted by molar-refractivity contribution is 5.01. The van der Waals surface area contributed by atoms with Crippen LogP contribution in [-0.4, -0.2) is 37.7 Å². The first-order valence-corrected chi connectivity index (χ1v) is 4.69. The largest absolute Gasteiger partial charge is 0.379 e. The summed E-state index contributed by atoms with van der Waals surface area (Å²) in [5.41, 5.74) is 0. The molecule has 1 aliphatic heterocycles. The van der Waals surface area contributed by atoms with Crippen LogP contribution in [0.25, 0.3) is 0 Å². The van der Waals surface area contributed by atoms with E-state index in [4.69, 9.17) is 4.74 Å². The zero-order valence-corrected chi connectivity index (χ0v) is 7.81. The van der Waals surface area contributed by atoms with Gasteiger partial charge in [-0.25, -0.2) is 0 Å². The topological polar surface area (TPSA) is 12.5 Å². The van der Waals surface area contributed by atoms with E-state index in [9.17, 15) is 0 Å². The first-order valence-electron chi connectivity index (χ1n) is 4.69. The molecule has 0 aromatic carbocycles. The van der Waals surface area contributed by atoms with Crippen molar-refractivity contribution in [3.8, 4) is 11.8 Å². The summed E-state index contributed by atoms with van der Waals surface area (Å²) in [5, 5.41) is 0. The first-order chi connectivity index (χ1) is 5.93. The zero-order valence-electron chi connectivity index (χ0n) is 7.81. The summed E-state index contributed by atoms with van der Waals surface area (Å²) >= 11 is 0. The first kappa shape index (κ1) is 9.57. The SMILES string of the molecule is CCCC#CCN1CCOCC1. The van der Waals surface area contributed by atoms with E-state index in [0.29, 0.717) is 0 Å². The van der Waals surface area contributed by atoms with E-state index >= 15 is 0 Å². The summed E-state index contributed by atoms with van der Waals surface area (Å²) < 4.78 is 5.24. The van der Waals surface area contributed by atoms with Gasteiger partial charge in [0, 0.05) is 19.5 Å². The van der Waals surface area contributed by atoms with E-state index in [2.05, 4.69) is 23.7 Å². The summed E-state index contributed by atoms with van der Waals surface area (Å²) in [7, 11) is 0. The molecule has 12 heavy (non-hydrogen) atoms. The standard InChI is InChI=1S/C10H17NO/c1-2-3-4-5-6-11-7-9-12-10-8-11/h2-3,6-10H2,1H3. The van der Waals surface area contributed by atoms with Crippen LogP contribution in [0.15, 0.2) is 0 Å². The van der Waals surface area contributed by atoms with Gasteiger partial charge in [-0.15, -0.1) is 5.92 Å². The maximum absolute atomic E-state index is 5.24. The van der Waals surface area contributed by atoms with Gasteiger partial charge in [-0.05, 0) is 6.42 Å². The Bertz CT molecular complexity index is 162. The van der Waals surface area contributed by atoms with Crippen LogP contribution in [-0.2, 0) is 4.74 Å². The molecule has 2 heteroatoms. The molecule has 2 nitrogen and oxygen atoms in total. The third-order valence-electron chi connectivity index (χ3n) is 1.91. The van der Waals surface area contributed by atoms with E-state index in [1.54, 1.807) is 0 Å². The maximum atomic E-state index is 5.24. The molecule has 0 radical (unpaired) electrons. The van der Waals surface area contributed by atoms with Gasteiger partial charge in [-0.1, -0.05) is 12.8 Å². The zero-order chi connectivity index (χ0) is 8.65. The number of morpholine rings is 1. The van der Waals surface area contributed by atoms with Gasteiger partial charge in [0.05, 0.1) is 19.8 Å². The molecule has 0 unspecified atom stereocenters. The number of rotatable bonds is 2. The van der Waals surface area contributed by atoms with Gasteiger partial charge < -0.3 is 4.74 Å². The molecule has 1 aliphatic rings. The molecule has 1 heterocycles. The molecule has 0 aromatic rings. The normalized spacial score (nSPS) is 18.4. The monoisotopic (exact) mass is 167 g/mol. The van der Waals surface area contributed by atoms with Gasteiger partial charge in [0.15, 0.2) is 0 Å². The molecule has 0 saturated carbocycles. The summed E-state index contributed by atoms with van der Waals surface area (Å²) in [5.74, 6) is 6.33. The van der Waals surface area contributed by atoms with E-state index in [1.807, 2.05) is 0 Å². The van der Waals surface area contributed by atoms with Gasteiger partial charge in [0.1, 0.15) is 0 Å². The Morgan fingerprint density at radius 2 is 2.00 bits per heavy atom. The van der Waals surface area contributed by atoms with E-state index in [1.165, 1.54) is 0 Å². The van der Waals surface area contributed by atoms with Crippen molar-refractivity contribution in [2.24, 2.45) is 0 Å². The van der Waals surface area contributed by atoms with Crippen molar-refractivity contribution in [2.75, 3.05) is 32.8 Å². The Balaban J connectivity index is 2.09. The van der Waals surface area contributed by atoms with E-state index < -0.39 is 0 Å². The van der Waals surface area contributed by atoms with Crippen LogP contribution in [0, 0.1) is 11.8 Å². The Kier molecular flexibility index (Phi) is 4.82. The number of unbranched alkanes of at least 4 members (excludes halogenated alkanes) is 1. The van der Waals surface area contributed by atoms with E-state index in [0.717, 1.165) is 45.7 Å². The smallest absolute Gasteiger partial charge is 0.0603 e. The fourth-order valence-corrected chi connectivity index (χ4v) is 1.14. The lowest BCUT2D eigenvalue weighted by molar-refractivity contribution is 0.0443. The van der Waals surface area contributed by atoms with Crippen molar-refractivity contribution in [1.82, 2.24) is 4.90 Å². The average molecular weight is 167 g/mol. The fraction of sp³-hybridized carbons (Fsp3) is 0.800. The second kappa shape index (κ2) is 6.05. The highest BCUT2D eigenvalue weighted by atomic mass is 16.5. The molecule has 0 amide bonds. The number of ether oxygens (including phenoxy) is 1. The third kappa shape index (κ3) is 3.75. The van der Waals surface area contributed by atoms with Crippen molar-refractivity contribution < 1.29 is 4.74 Å². The quantitative estimate of drug-likeness (QED) is 0.571. The number of hydrogen-bond donors (Lipinski definition) is 0. The average Bonchev–Trinajstić information content (AvgIpc) is 2.14. The summed E-state index contributed by atoms with van der Waals surface area (Å²) in [4.78, 5) is 2.34. The molecular weight excluding hydrogens is 150 g/mol. The number of nitrogens with zero attached hydrogens (tertiary/aromatic N) is 1. The fourth-order valence-electron chi connectivity index (χ4n) is 1.14. The lowest BCUT2D eigenvalue weighted by Crippen LogP contribution is -2.36. The molecule has 1 saturated heterocycles. The summed E-state index contributed by atoms with van der Waals surface area (Å²) in [6.07, 6.45) is 2.19. The van der Waals surface area contributed by atoms with Crippen molar-refractivity contribution in [3.05, 3.63) is 0 Å². The van der Waals surface area contributed by atoms with Crippen molar-refractivity contribution in [2.45, 2.75) is 19.8 Å². The molecule has 0 N–H and O–H groups in total. The van der Waals surface area contributed by atoms with Gasteiger partial charge in [-0.3, -0.25) is 4.90 Å². The molecule has 0 aromatic heterocycles. The summed E-state index contributed by atoms with van der Waals surface area (Å²) in [6, 6.07) is 0. The molecular formula is C10H17NO. The second-order valence-corrected chi connectivity index (χ2v) is 2.99. The Labute approximate surface area is 74.9 Å². The molecule has 1 rings (SSSR count). The van der Waals surface area contributed by atoms with Crippen LogP contribution in [0.1, 0.15) is 19.8 Å². The van der Waals surface area contributed by atoms with Crippen LogP contribution in [0.2, 0.25) is 0 Å². The lowest BCUT2D eigenvalue weighted by Gasteiger charge is -2.24. The highest BCUT2D eigenvalue weighted by Crippen LogP contribution is 1.94. The minimum absolute atomic E-state index is 0.870. The predicted molar refractivity (Wildman–Crippen MR) is 49.9 cm³/mol. The van der Waals surface area contributed by atoms with Gasteiger partial charge in [0.2, 0.25) is 0 Å². The maximum Gasteiger partial charge on any atom is 0.0603 e. The Morgan fingerprint density at radius 1 is 1.25 bits per heavy atom. The predicted octanol–water partition coefficient (Wildman–Crippen LogP) is 1.12. The molecule has 0 bridgehead atoms. The van der Waals surface area contributed by atoms with Crippen LogP contribution >= 0.6 is 0 Å². The summed E-state index contributed by atoms with van der Waals surface area (Å²) in [6.45, 7) is 6.90. The van der Waals surface area contributed by atoms with Crippen molar-refractivity contribution >= 4 is 0 Å². The minimum Gasteiger partial charge on any atom is -0.379 e. The van der Waals surface area contributed by atoms with Gasteiger partial charge in [-0.2, -0.15) is 0 Å². The highest BCUT2D eigenvalue weighted by Gasteiger charge is 2.07. The van der Waals surface area contributed by atoms with Gasteiger partial charge in [0.25, 0.3) is 0 Å². The second-order valence-electron chi connectivity index (χ2n) is 2.99. The third-order valence-corrected chi connectivity index (χ3v) is 1.91. The van der Waals surface area contributed by atoms with Crippen LogP contribution in [0.3, 0.4) is 0 Å². The van der Waals surface area contributed by atoms with Crippen LogP contribution in [0.5, 0.6) is 0 Å². The Hall–Kier alpha value is -0.520. The van der Waals surface area contributed by atoms with Crippen LogP contribution < -0.4 is 0 Å². The minimum atomic E-state index is 0.870. The van der Waals surface area contributed by atoms with Crippen molar-refractivity contribution in [3.63, 3.8) is 0 Å².